The molecule has 104 valence electrons. The molecule has 0 aliphatic carbocycles. The number of ether oxygens (including phenoxy) is 1. The number of rotatable bonds is 3. The highest BCUT2D eigenvalue weighted by atomic mass is 16.6. The largest absolute Gasteiger partial charge is 0.378 e. The van der Waals surface area contributed by atoms with Crippen LogP contribution < -0.4 is 4.90 Å². The van der Waals surface area contributed by atoms with Crippen molar-refractivity contribution in [1.29, 1.82) is 0 Å². The van der Waals surface area contributed by atoms with Crippen LogP contribution in [0.1, 0.15) is 0 Å². The van der Waals surface area contributed by atoms with Crippen molar-refractivity contribution < 1.29 is 9.66 Å². The predicted octanol–water partition coefficient (Wildman–Crippen LogP) is 1.22. The number of nitrogens with one attached hydrogen (secondary N) is 1. The molecule has 1 aromatic heterocycles. The Bertz CT molecular complexity index is 604. The van der Waals surface area contributed by atoms with Crippen LogP contribution in [-0.4, -0.2) is 46.4 Å². The van der Waals surface area contributed by atoms with Gasteiger partial charge in [0.1, 0.15) is 0 Å². The van der Waals surface area contributed by atoms with E-state index in [-0.39, 0.29) is 5.69 Å². The summed E-state index contributed by atoms with van der Waals surface area (Å²) in [6.07, 6.45) is 0. The number of hydrogen-bond acceptors (Lipinski definition) is 6. The Balaban J connectivity index is 1.80. The van der Waals surface area contributed by atoms with Crippen molar-refractivity contribution in [2.24, 2.45) is 0 Å². The van der Waals surface area contributed by atoms with Crippen molar-refractivity contribution in [2.75, 3.05) is 31.2 Å². The number of benzene rings is 1. The van der Waals surface area contributed by atoms with Crippen LogP contribution in [0.5, 0.6) is 0 Å². The second-order valence-electron chi connectivity index (χ2n) is 4.39. The van der Waals surface area contributed by atoms with Gasteiger partial charge in [0, 0.05) is 30.8 Å². The summed E-state index contributed by atoms with van der Waals surface area (Å²) >= 11 is 0. The Morgan fingerprint density at radius 2 is 1.95 bits per heavy atom. The number of anilines is 1. The second-order valence-corrected chi connectivity index (χ2v) is 4.39. The summed E-state index contributed by atoms with van der Waals surface area (Å²) in [4.78, 5) is 16.6. The van der Waals surface area contributed by atoms with Crippen LogP contribution in [0.4, 0.5) is 11.6 Å². The zero-order chi connectivity index (χ0) is 13.9. The number of morpholine rings is 1. The second kappa shape index (κ2) is 5.25. The van der Waals surface area contributed by atoms with Gasteiger partial charge in [-0.15, -0.1) is 5.10 Å². The average molecular weight is 275 g/mol. The Morgan fingerprint density at radius 3 is 2.60 bits per heavy atom. The van der Waals surface area contributed by atoms with Crippen LogP contribution in [0.2, 0.25) is 0 Å². The molecule has 0 radical (unpaired) electrons. The number of non-ortho nitro benzene ring substituents is 1. The summed E-state index contributed by atoms with van der Waals surface area (Å²) in [7, 11) is 0. The molecule has 1 aromatic carbocycles. The number of aromatic amines is 1. The fraction of sp³-hybridized carbons (Fsp3) is 0.333. The minimum absolute atomic E-state index is 0.0571. The van der Waals surface area contributed by atoms with Gasteiger partial charge in [-0.2, -0.15) is 4.98 Å². The van der Waals surface area contributed by atoms with Crippen molar-refractivity contribution in [3.05, 3.63) is 34.4 Å². The first-order chi connectivity index (χ1) is 9.74. The maximum absolute atomic E-state index is 10.6. The molecule has 8 heteroatoms. The lowest BCUT2D eigenvalue weighted by Crippen LogP contribution is -2.36. The summed E-state index contributed by atoms with van der Waals surface area (Å²) in [6, 6.07) is 6.21. The van der Waals surface area contributed by atoms with E-state index in [2.05, 4.69) is 15.2 Å². The monoisotopic (exact) mass is 275 g/mol. The summed E-state index contributed by atoms with van der Waals surface area (Å²) in [5.41, 5.74) is 0.823. The first-order valence-corrected chi connectivity index (χ1v) is 6.24. The summed E-state index contributed by atoms with van der Waals surface area (Å²) in [5.74, 6) is 1.23. The van der Waals surface area contributed by atoms with E-state index >= 15 is 0 Å². The van der Waals surface area contributed by atoms with Gasteiger partial charge >= 0.3 is 0 Å². The standard InChI is InChI=1S/C12H13N5O3/c18-17(19)10-3-1-9(2-4-10)11-13-12(15-14-11)16-5-7-20-8-6-16/h1-4H,5-8H2,(H,13,14,15). The number of aromatic nitrogens is 3. The molecule has 3 rings (SSSR count). The smallest absolute Gasteiger partial charge is 0.269 e. The first-order valence-electron chi connectivity index (χ1n) is 6.24. The fourth-order valence-electron chi connectivity index (χ4n) is 2.03. The molecule has 0 atom stereocenters. The maximum Gasteiger partial charge on any atom is 0.269 e. The van der Waals surface area contributed by atoms with Crippen molar-refractivity contribution in [1.82, 2.24) is 15.2 Å². The van der Waals surface area contributed by atoms with Crippen LogP contribution >= 0.6 is 0 Å². The van der Waals surface area contributed by atoms with Gasteiger partial charge in [0.2, 0.25) is 5.95 Å². The Labute approximate surface area is 114 Å². The van der Waals surface area contributed by atoms with E-state index in [0.29, 0.717) is 25.0 Å². The highest BCUT2D eigenvalue weighted by Gasteiger charge is 2.16. The first kappa shape index (κ1) is 12.5. The van der Waals surface area contributed by atoms with Gasteiger partial charge in [0.05, 0.1) is 18.1 Å². The lowest BCUT2D eigenvalue weighted by Gasteiger charge is -2.25. The number of nitrogens with zero attached hydrogens (tertiary/aromatic N) is 4. The lowest BCUT2D eigenvalue weighted by molar-refractivity contribution is -0.384. The highest BCUT2D eigenvalue weighted by molar-refractivity contribution is 5.58. The molecule has 1 fully saturated rings. The van der Waals surface area contributed by atoms with Gasteiger partial charge in [0.25, 0.3) is 5.69 Å². The van der Waals surface area contributed by atoms with Gasteiger partial charge in [-0.1, -0.05) is 0 Å². The van der Waals surface area contributed by atoms with Crippen molar-refractivity contribution in [3.8, 4) is 11.4 Å². The number of nitro groups is 1. The Hall–Kier alpha value is -2.48. The van der Waals surface area contributed by atoms with Gasteiger partial charge in [-0.3, -0.25) is 15.2 Å². The molecule has 0 bridgehead atoms. The molecule has 1 aliphatic heterocycles. The predicted molar refractivity (Wildman–Crippen MR) is 71.5 cm³/mol. The molecule has 1 aliphatic rings. The van der Waals surface area contributed by atoms with Gasteiger partial charge in [0.15, 0.2) is 5.82 Å². The van der Waals surface area contributed by atoms with Crippen LogP contribution in [0, 0.1) is 10.1 Å². The summed E-state index contributed by atoms with van der Waals surface area (Å²) in [5, 5.41) is 17.6. The number of hydrogen-bond donors (Lipinski definition) is 1. The van der Waals surface area contributed by atoms with E-state index in [1.54, 1.807) is 12.1 Å². The molecular weight excluding hydrogens is 262 g/mol. The van der Waals surface area contributed by atoms with Crippen molar-refractivity contribution in [2.45, 2.75) is 0 Å². The van der Waals surface area contributed by atoms with E-state index < -0.39 is 4.92 Å². The molecular formula is C12H13N5O3. The number of nitro benzene ring substituents is 1. The average Bonchev–Trinajstić information content (AvgIpc) is 2.98. The van der Waals surface area contributed by atoms with Crippen LogP contribution in [0.3, 0.4) is 0 Å². The summed E-state index contributed by atoms with van der Waals surface area (Å²) < 4.78 is 5.28. The maximum atomic E-state index is 10.6. The molecule has 2 heterocycles. The lowest BCUT2D eigenvalue weighted by atomic mass is 10.2. The highest BCUT2D eigenvalue weighted by Crippen LogP contribution is 2.21. The van der Waals surface area contributed by atoms with E-state index in [1.807, 2.05) is 4.90 Å². The van der Waals surface area contributed by atoms with E-state index in [1.165, 1.54) is 12.1 Å². The topological polar surface area (TPSA) is 97.2 Å². The van der Waals surface area contributed by atoms with E-state index in [9.17, 15) is 10.1 Å². The fourth-order valence-corrected chi connectivity index (χ4v) is 2.03. The van der Waals surface area contributed by atoms with Crippen molar-refractivity contribution >= 4 is 11.6 Å². The van der Waals surface area contributed by atoms with Crippen LogP contribution in [0.15, 0.2) is 24.3 Å². The molecule has 1 N–H and O–H groups in total. The van der Waals surface area contributed by atoms with Gasteiger partial charge in [-0.05, 0) is 12.1 Å². The number of H-pyrrole nitrogens is 1. The Morgan fingerprint density at radius 1 is 1.25 bits per heavy atom. The molecule has 0 unspecified atom stereocenters. The SMILES string of the molecule is O=[N+]([O-])c1ccc(-c2nc(N3CCOCC3)n[nH]2)cc1. The Kier molecular flexibility index (Phi) is 3.30. The zero-order valence-electron chi connectivity index (χ0n) is 10.7. The van der Waals surface area contributed by atoms with Crippen LogP contribution in [-0.2, 0) is 4.74 Å². The normalized spacial score (nSPS) is 15.3. The molecule has 2 aromatic rings. The van der Waals surface area contributed by atoms with Crippen LogP contribution in [0.25, 0.3) is 11.4 Å². The van der Waals surface area contributed by atoms with E-state index in [4.69, 9.17) is 4.74 Å². The quantitative estimate of drug-likeness (QED) is 0.668. The molecule has 1 saturated heterocycles. The van der Waals surface area contributed by atoms with Gasteiger partial charge in [-0.25, -0.2) is 0 Å². The molecule has 20 heavy (non-hydrogen) atoms. The van der Waals surface area contributed by atoms with Crippen molar-refractivity contribution in [3.63, 3.8) is 0 Å². The molecule has 0 spiro atoms. The molecule has 0 saturated carbocycles. The molecule has 8 nitrogen and oxygen atoms in total. The zero-order valence-corrected chi connectivity index (χ0v) is 10.7. The third kappa shape index (κ3) is 2.45. The van der Waals surface area contributed by atoms with E-state index in [0.717, 1.165) is 18.7 Å². The van der Waals surface area contributed by atoms with Gasteiger partial charge < -0.3 is 9.64 Å². The minimum Gasteiger partial charge on any atom is -0.378 e. The third-order valence-electron chi connectivity index (χ3n) is 3.12. The third-order valence-corrected chi connectivity index (χ3v) is 3.12. The summed E-state index contributed by atoms with van der Waals surface area (Å²) in [6.45, 7) is 2.86. The molecule has 0 amide bonds. The minimum atomic E-state index is -0.427.